The summed E-state index contributed by atoms with van der Waals surface area (Å²) < 4.78 is 44.2. The zero-order valence-corrected chi connectivity index (χ0v) is 13.9. The van der Waals surface area contributed by atoms with E-state index in [4.69, 9.17) is 4.74 Å². The van der Waals surface area contributed by atoms with Gasteiger partial charge in [-0.15, -0.1) is 0 Å². The minimum absolute atomic E-state index is 0.131. The fourth-order valence-corrected chi connectivity index (χ4v) is 3.91. The lowest BCUT2D eigenvalue weighted by atomic mass is 9.63. The molecule has 2 bridgehead atoms. The Kier molecular flexibility index (Phi) is 3.94. The van der Waals surface area contributed by atoms with Crippen molar-refractivity contribution >= 4 is 5.91 Å². The first-order valence-corrected chi connectivity index (χ1v) is 7.92. The smallest absolute Gasteiger partial charge is 0.393 e. The van der Waals surface area contributed by atoms with Crippen LogP contribution in [0.1, 0.15) is 43.9 Å². The number of aliphatic hydroxyl groups is 2. The minimum atomic E-state index is -4.55. The summed E-state index contributed by atoms with van der Waals surface area (Å²) in [5.74, 6) is -0.788. The fourth-order valence-electron chi connectivity index (χ4n) is 3.91. The maximum absolute atomic E-state index is 12.8. The Labute approximate surface area is 142 Å². The van der Waals surface area contributed by atoms with E-state index in [1.54, 1.807) is 13.8 Å². The topological polar surface area (TPSA) is 78.8 Å². The van der Waals surface area contributed by atoms with Gasteiger partial charge in [-0.2, -0.15) is 13.2 Å². The van der Waals surface area contributed by atoms with Crippen LogP contribution in [-0.4, -0.2) is 39.5 Å². The highest BCUT2D eigenvalue weighted by Crippen LogP contribution is 2.60. The van der Waals surface area contributed by atoms with E-state index in [-0.39, 0.29) is 12.2 Å². The second-order valence-corrected chi connectivity index (χ2v) is 7.40. The first-order chi connectivity index (χ1) is 11.4. The van der Waals surface area contributed by atoms with Crippen molar-refractivity contribution in [2.45, 2.75) is 55.7 Å². The van der Waals surface area contributed by atoms with Gasteiger partial charge in [0.15, 0.2) is 6.10 Å². The van der Waals surface area contributed by atoms with Crippen molar-refractivity contribution in [2.75, 3.05) is 6.61 Å². The monoisotopic (exact) mass is 359 g/mol. The van der Waals surface area contributed by atoms with Crippen LogP contribution in [0.15, 0.2) is 24.3 Å². The zero-order valence-electron chi connectivity index (χ0n) is 13.9. The molecule has 1 atom stereocenters. The fraction of sp³-hybridized carbons (Fsp3) is 0.588. The van der Waals surface area contributed by atoms with Gasteiger partial charge in [-0.1, -0.05) is 12.1 Å². The lowest BCUT2D eigenvalue weighted by Crippen LogP contribution is -2.65. The number of rotatable bonds is 4. The van der Waals surface area contributed by atoms with Crippen LogP contribution in [-0.2, 0) is 15.7 Å². The molecule has 1 saturated carbocycles. The average Bonchev–Trinajstić information content (AvgIpc) is 2.85. The molecular formula is C17H20F3NO4. The van der Waals surface area contributed by atoms with Crippen LogP contribution in [0.25, 0.3) is 0 Å². The number of hydrogen-bond donors (Lipinski definition) is 3. The molecule has 0 spiro atoms. The number of carbonyl (C=O) groups excluding carboxylic acids is 1. The SMILES string of the molecule is CC1(C)OC2(CO)CC1(NC(=O)C(O)c1cccc(C(F)(F)F)c1)C2. The molecule has 2 heterocycles. The molecule has 3 fully saturated rings. The van der Waals surface area contributed by atoms with Gasteiger partial charge in [0, 0.05) is 12.8 Å². The van der Waals surface area contributed by atoms with E-state index in [9.17, 15) is 28.2 Å². The quantitative estimate of drug-likeness (QED) is 0.768. The van der Waals surface area contributed by atoms with E-state index in [1.807, 2.05) is 0 Å². The summed E-state index contributed by atoms with van der Waals surface area (Å²) >= 11 is 0. The molecule has 138 valence electrons. The maximum Gasteiger partial charge on any atom is 0.416 e. The van der Waals surface area contributed by atoms with Gasteiger partial charge in [0.2, 0.25) is 0 Å². The van der Waals surface area contributed by atoms with E-state index in [0.717, 1.165) is 18.2 Å². The van der Waals surface area contributed by atoms with Crippen LogP contribution in [0, 0.1) is 0 Å². The van der Waals surface area contributed by atoms with Crippen molar-refractivity contribution in [3.8, 4) is 0 Å². The second kappa shape index (κ2) is 5.43. The van der Waals surface area contributed by atoms with E-state index < -0.39 is 40.5 Å². The third-order valence-corrected chi connectivity index (χ3v) is 5.30. The summed E-state index contributed by atoms with van der Waals surface area (Å²) in [5.41, 5.74) is -3.26. The Hall–Kier alpha value is -1.64. The molecule has 2 saturated heterocycles. The number of ether oxygens (including phenoxy) is 1. The first-order valence-electron chi connectivity index (χ1n) is 7.92. The third-order valence-electron chi connectivity index (χ3n) is 5.30. The highest BCUT2D eigenvalue weighted by atomic mass is 19.4. The van der Waals surface area contributed by atoms with Crippen LogP contribution in [0.4, 0.5) is 13.2 Å². The lowest BCUT2D eigenvalue weighted by Gasteiger charge is -2.46. The van der Waals surface area contributed by atoms with Crippen molar-refractivity contribution in [3.63, 3.8) is 0 Å². The number of nitrogens with one attached hydrogen (secondary N) is 1. The number of fused-ring (bicyclic) bond motifs is 1. The van der Waals surface area contributed by atoms with E-state index in [2.05, 4.69) is 5.32 Å². The number of hydrogen-bond acceptors (Lipinski definition) is 4. The van der Waals surface area contributed by atoms with Crippen LogP contribution in [0.3, 0.4) is 0 Å². The maximum atomic E-state index is 12.8. The summed E-state index contributed by atoms with van der Waals surface area (Å²) in [6.07, 6.45) is -5.49. The second-order valence-electron chi connectivity index (χ2n) is 7.40. The van der Waals surface area contributed by atoms with E-state index in [0.29, 0.717) is 12.8 Å². The Morgan fingerprint density at radius 3 is 2.52 bits per heavy atom. The number of halogens is 3. The van der Waals surface area contributed by atoms with Gasteiger partial charge in [0.05, 0.1) is 28.9 Å². The Morgan fingerprint density at radius 2 is 2.00 bits per heavy atom. The highest BCUT2D eigenvalue weighted by molar-refractivity contribution is 5.83. The molecule has 3 N–H and O–H groups in total. The van der Waals surface area contributed by atoms with Crippen molar-refractivity contribution in [1.82, 2.24) is 5.32 Å². The van der Waals surface area contributed by atoms with Gasteiger partial charge < -0.3 is 20.3 Å². The van der Waals surface area contributed by atoms with Gasteiger partial charge >= 0.3 is 6.18 Å². The Morgan fingerprint density at radius 1 is 1.36 bits per heavy atom. The van der Waals surface area contributed by atoms with Crippen molar-refractivity contribution in [1.29, 1.82) is 0 Å². The number of aliphatic hydroxyl groups excluding tert-OH is 2. The molecule has 4 rings (SSSR count). The molecule has 1 aliphatic carbocycles. The molecule has 8 heteroatoms. The molecule has 5 nitrogen and oxygen atoms in total. The first kappa shape index (κ1) is 18.2. The Balaban J connectivity index is 1.77. The zero-order chi connectivity index (χ0) is 18.7. The van der Waals surface area contributed by atoms with Crippen molar-refractivity contribution < 1.29 is 32.9 Å². The van der Waals surface area contributed by atoms with Crippen molar-refractivity contribution in [3.05, 3.63) is 35.4 Å². The molecule has 1 unspecified atom stereocenters. The van der Waals surface area contributed by atoms with Gasteiger partial charge in [-0.3, -0.25) is 4.79 Å². The summed E-state index contributed by atoms with van der Waals surface area (Å²) in [6.45, 7) is 3.37. The number of benzene rings is 1. The molecule has 1 amide bonds. The summed E-state index contributed by atoms with van der Waals surface area (Å²) in [7, 11) is 0. The van der Waals surface area contributed by atoms with Crippen LogP contribution < -0.4 is 5.32 Å². The van der Waals surface area contributed by atoms with Gasteiger partial charge in [-0.25, -0.2) is 0 Å². The molecular weight excluding hydrogens is 339 g/mol. The summed E-state index contributed by atoms with van der Waals surface area (Å²) in [6, 6.07) is 4.06. The summed E-state index contributed by atoms with van der Waals surface area (Å²) in [5, 5.41) is 22.4. The van der Waals surface area contributed by atoms with E-state index in [1.165, 1.54) is 6.07 Å². The molecule has 0 aromatic heterocycles. The normalized spacial score (nSPS) is 31.3. The predicted molar refractivity (Wildman–Crippen MR) is 81.5 cm³/mol. The van der Waals surface area contributed by atoms with E-state index >= 15 is 0 Å². The van der Waals surface area contributed by atoms with Crippen LogP contribution in [0.5, 0.6) is 0 Å². The highest BCUT2D eigenvalue weighted by Gasteiger charge is 2.72. The van der Waals surface area contributed by atoms with Gasteiger partial charge in [-0.05, 0) is 31.5 Å². The minimum Gasteiger partial charge on any atom is -0.393 e. The van der Waals surface area contributed by atoms with Crippen LogP contribution in [0.2, 0.25) is 0 Å². The molecule has 1 aromatic carbocycles. The largest absolute Gasteiger partial charge is 0.416 e. The third kappa shape index (κ3) is 2.82. The number of amides is 1. The summed E-state index contributed by atoms with van der Waals surface area (Å²) in [4.78, 5) is 12.4. The lowest BCUT2D eigenvalue weighted by molar-refractivity contribution is -0.138. The van der Waals surface area contributed by atoms with Gasteiger partial charge in [0.1, 0.15) is 0 Å². The van der Waals surface area contributed by atoms with Gasteiger partial charge in [0.25, 0.3) is 5.91 Å². The molecule has 25 heavy (non-hydrogen) atoms. The van der Waals surface area contributed by atoms with Crippen molar-refractivity contribution in [2.24, 2.45) is 0 Å². The predicted octanol–water partition coefficient (Wildman–Crippen LogP) is 1.93. The molecule has 1 aromatic rings. The standard InChI is InChI=1S/C17H20F3NO4/c1-14(2)16(7-15(8-16,9-22)25-14)21-13(24)12(23)10-4-3-5-11(6-10)17(18,19)20/h3-6,12,22-23H,7-9H2,1-2H3,(H,21,24). The van der Waals surface area contributed by atoms with Crippen LogP contribution >= 0.6 is 0 Å². The number of alkyl halides is 3. The Bertz CT molecular complexity index is 695. The molecule has 3 aliphatic rings. The molecule has 0 radical (unpaired) electrons. The average molecular weight is 359 g/mol. The molecule has 2 aliphatic heterocycles. The number of carbonyl (C=O) groups is 1.